The monoisotopic (exact) mass is 304 g/mol. The Morgan fingerprint density at radius 1 is 1.38 bits per heavy atom. The fraction of sp³-hybridized carbons (Fsp3) is 0.400. The number of hydrogen-bond acceptors (Lipinski definition) is 4. The van der Waals surface area contributed by atoms with Crippen LogP contribution in [-0.2, 0) is 11.8 Å². The van der Waals surface area contributed by atoms with Crippen molar-refractivity contribution in [3.63, 3.8) is 0 Å². The zero-order chi connectivity index (χ0) is 15.4. The molecular weight excluding hydrogens is 284 g/mol. The van der Waals surface area contributed by atoms with Crippen LogP contribution in [0, 0.1) is 13.8 Å². The van der Waals surface area contributed by atoms with E-state index in [4.69, 9.17) is 0 Å². The summed E-state index contributed by atoms with van der Waals surface area (Å²) < 4.78 is 1.80. The second kappa shape index (κ2) is 6.76. The van der Waals surface area contributed by atoms with E-state index in [1.54, 1.807) is 10.9 Å². The lowest BCUT2D eigenvalue weighted by molar-refractivity contribution is -0.119. The third-order valence-electron chi connectivity index (χ3n) is 3.41. The maximum atomic E-state index is 12.0. The number of aromatic nitrogens is 3. The first-order chi connectivity index (χ1) is 9.97. The van der Waals surface area contributed by atoms with Crippen LogP contribution >= 0.6 is 11.8 Å². The van der Waals surface area contributed by atoms with Gasteiger partial charge in [0.2, 0.25) is 5.91 Å². The highest BCUT2D eigenvalue weighted by molar-refractivity contribution is 7.99. The van der Waals surface area contributed by atoms with E-state index >= 15 is 0 Å². The summed E-state index contributed by atoms with van der Waals surface area (Å²) in [5.74, 6) is 0.329. The van der Waals surface area contributed by atoms with Gasteiger partial charge in [-0.2, -0.15) is 0 Å². The van der Waals surface area contributed by atoms with Crippen LogP contribution in [0.25, 0.3) is 0 Å². The summed E-state index contributed by atoms with van der Waals surface area (Å²) in [6.07, 6.45) is 1.62. The van der Waals surface area contributed by atoms with Gasteiger partial charge in [0.05, 0.1) is 11.8 Å². The average Bonchev–Trinajstić information content (AvgIpc) is 2.85. The van der Waals surface area contributed by atoms with Crippen LogP contribution < -0.4 is 5.32 Å². The quantitative estimate of drug-likeness (QED) is 0.862. The maximum Gasteiger partial charge on any atom is 0.230 e. The molecule has 0 saturated heterocycles. The number of nitrogens with zero attached hydrogens (tertiary/aromatic N) is 3. The van der Waals surface area contributed by atoms with Gasteiger partial charge in [0.25, 0.3) is 0 Å². The highest BCUT2D eigenvalue weighted by Crippen LogP contribution is 2.18. The van der Waals surface area contributed by atoms with Gasteiger partial charge in [0.15, 0.2) is 5.16 Å². The van der Waals surface area contributed by atoms with Crippen molar-refractivity contribution in [1.29, 1.82) is 0 Å². The van der Waals surface area contributed by atoms with Crippen molar-refractivity contribution in [2.45, 2.75) is 32.0 Å². The normalized spacial score (nSPS) is 12.2. The molecule has 0 aliphatic heterocycles. The number of thioether (sulfide) groups is 1. The minimum absolute atomic E-state index is 0.00287. The van der Waals surface area contributed by atoms with E-state index in [9.17, 15) is 4.79 Å². The second-order valence-electron chi connectivity index (χ2n) is 5.15. The summed E-state index contributed by atoms with van der Waals surface area (Å²) in [5.41, 5.74) is 3.62. The fourth-order valence-electron chi connectivity index (χ4n) is 1.93. The molecule has 1 aromatic heterocycles. The Kier molecular flexibility index (Phi) is 5.01. The Labute approximate surface area is 129 Å². The van der Waals surface area contributed by atoms with Crippen molar-refractivity contribution >= 4 is 17.7 Å². The van der Waals surface area contributed by atoms with Crippen molar-refractivity contribution in [2.24, 2.45) is 7.05 Å². The van der Waals surface area contributed by atoms with Crippen molar-refractivity contribution in [3.8, 4) is 0 Å². The van der Waals surface area contributed by atoms with E-state index in [0.717, 1.165) is 10.7 Å². The largest absolute Gasteiger partial charge is 0.349 e. The Morgan fingerprint density at radius 2 is 2.14 bits per heavy atom. The molecular formula is C15H20N4OS. The molecule has 0 aliphatic rings. The third-order valence-corrected chi connectivity index (χ3v) is 4.45. The van der Waals surface area contributed by atoms with Gasteiger partial charge in [-0.1, -0.05) is 30.0 Å². The highest BCUT2D eigenvalue weighted by Gasteiger charge is 2.12. The number of benzene rings is 1. The summed E-state index contributed by atoms with van der Waals surface area (Å²) in [6, 6.07) is 6.26. The van der Waals surface area contributed by atoms with Gasteiger partial charge in [-0.3, -0.25) is 4.79 Å². The van der Waals surface area contributed by atoms with E-state index in [1.165, 1.54) is 22.9 Å². The maximum absolute atomic E-state index is 12.0. The number of hydrogen-bond donors (Lipinski definition) is 1. The SMILES string of the molecule is Cc1ccc([C@@H](C)NC(=O)CSc2nncn2C)cc1C. The van der Waals surface area contributed by atoms with Crippen LogP contribution in [0.1, 0.15) is 29.7 Å². The summed E-state index contributed by atoms with van der Waals surface area (Å²) >= 11 is 1.38. The molecule has 1 amide bonds. The van der Waals surface area contributed by atoms with Gasteiger partial charge in [-0.15, -0.1) is 10.2 Å². The van der Waals surface area contributed by atoms with Crippen molar-refractivity contribution < 1.29 is 4.79 Å². The summed E-state index contributed by atoms with van der Waals surface area (Å²) in [6.45, 7) is 6.16. The molecule has 112 valence electrons. The number of rotatable bonds is 5. The number of amides is 1. The Bertz CT molecular complexity index is 638. The lowest BCUT2D eigenvalue weighted by Gasteiger charge is -2.15. The van der Waals surface area contributed by atoms with Crippen molar-refractivity contribution in [2.75, 3.05) is 5.75 Å². The van der Waals surface area contributed by atoms with E-state index in [1.807, 2.05) is 14.0 Å². The van der Waals surface area contributed by atoms with Crippen LogP contribution in [0.5, 0.6) is 0 Å². The van der Waals surface area contributed by atoms with Gasteiger partial charge < -0.3 is 9.88 Å². The molecule has 21 heavy (non-hydrogen) atoms. The lowest BCUT2D eigenvalue weighted by atomic mass is 10.0. The molecule has 1 aromatic carbocycles. The highest BCUT2D eigenvalue weighted by atomic mass is 32.2. The molecule has 0 aliphatic carbocycles. The van der Waals surface area contributed by atoms with Gasteiger partial charge in [-0.25, -0.2) is 0 Å². The minimum Gasteiger partial charge on any atom is -0.349 e. The number of aryl methyl sites for hydroxylation is 3. The molecule has 0 saturated carbocycles. The third kappa shape index (κ3) is 4.07. The first-order valence-electron chi connectivity index (χ1n) is 6.80. The molecule has 2 rings (SSSR count). The standard InChI is InChI=1S/C15H20N4OS/c1-10-5-6-13(7-11(10)2)12(3)17-14(20)8-21-15-18-16-9-19(15)4/h5-7,9,12H,8H2,1-4H3,(H,17,20)/t12-/m1/s1. The van der Waals surface area contributed by atoms with E-state index in [2.05, 4.69) is 47.6 Å². The molecule has 1 heterocycles. The minimum atomic E-state index is -0.00581. The molecule has 0 fully saturated rings. The second-order valence-corrected chi connectivity index (χ2v) is 6.09. The smallest absolute Gasteiger partial charge is 0.230 e. The first kappa shape index (κ1) is 15.6. The molecule has 0 radical (unpaired) electrons. The van der Waals surface area contributed by atoms with Crippen LogP contribution in [0.15, 0.2) is 29.7 Å². The van der Waals surface area contributed by atoms with E-state index in [0.29, 0.717) is 5.75 Å². The lowest BCUT2D eigenvalue weighted by Crippen LogP contribution is -2.28. The Hall–Kier alpha value is -1.82. The van der Waals surface area contributed by atoms with Crippen LogP contribution in [-0.4, -0.2) is 26.4 Å². The number of carbonyl (C=O) groups excluding carboxylic acids is 1. The van der Waals surface area contributed by atoms with Crippen LogP contribution in [0.3, 0.4) is 0 Å². The van der Waals surface area contributed by atoms with E-state index < -0.39 is 0 Å². The van der Waals surface area contributed by atoms with Crippen molar-refractivity contribution in [1.82, 2.24) is 20.1 Å². The van der Waals surface area contributed by atoms with Gasteiger partial charge in [0, 0.05) is 7.05 Å². The van der Waals surface area contributed by atoms with Gasteiger partial charge in [-0.05, 0) is 37.5 Å². The van der Waals surface area contributed by atoms with Crippen molar-refractivity contribution in [3.05, 3.63) is 41.2 Å². The molecule has 2 aromatic rings. The summed E-state index contributed by atoms with van der Waals surface area (Å²) in [4.78, 5) is 12.0. The fourth-order valence-corrected chi connectivity index (χ4v) is 2.63. The Balaban J connectivity index is 1.89. The molecule has 6 heteroatoms. The summed E-state index contributed by atoms with van der Waals surface area (Å²) in [7, 11) is 1.86. The molecule has 1 N–H and O–H groups in total. The summed E-state index contributed by atoms with van der Waals surface area (Å²) in [5, 5.41) is 11.5. The predicted octanol–water partition coefficient (Wildman–Crippen LogP) is 2.40. The topological polar surface area (TPSA) is 59.8 Å². The number of nitrogens with one attached hydrogen (secondary N) is 1. The Morgan fingerprint density at radius 3 is 2.76 bits per heavy atom. The predicted molar refractivity (Wildman–Crippen MR) is 84.2 cm³/mol. The molecule has 0 bridgehead atoms. The molecule has 5 nitrogen and oxygen atoms in total. The van der Waals surface area contributed by atoms with E-state index in [-0.39, 0.29) is 11.9 Å². The average molecular weight is 304 g/mol. The molecule has 0 spiro atoms. The molecule has 0 unspecified atom stereocenters. The van der Waals surface area contributed by atoms with Crippen LogP contribution in [0.4, 0.5) is 0 Å². The van der Waals surface area contributed by atoms with Crippen LogP contribution in [0.2, 0.25) is 0 Å². The van der Waals surface area contributed by atoms with Gasteiger partial charge in [0.1, 0.15) is 6.33 Å². The zero-order valence-corrected chi connectivity index (χ0v) is 13.6. The first-order valence-corrected chi connectivity index (χ1v) is 7.79. The van der Waals surface area contributed by atoms with Gasteiger partial charge >= 0.3 is 0 Å². The number of carbonyl (C=O) groups is 1. The zero-order valence-electron chi connectivity index (χ0n) is 12.8. The molecule has 1 atom stereocenters.